The fourth-order valence-electron chi connectivity index (χ4n) is 0.885. The first-order valence-corrected chi connectivity index (χ1v) is 4.92. The summed E-state index contributed by atoms with van der Waals surface area (Å²) in [6, 6.07) is 0.755. The summed E-state index contributed by atoms with van der Waals surface area (Å²) in [7, 11) is 2.19. The second kappa shape index (κ2) is 9.96. The van der Waals surface area contributed by atoms with E-state index in [9.17, 15) is 0 Å². The van der Waals surface area contributed by atoms with E-state index < -0.39 is 0 Å². The zero-order valence-electron chi connectivity index (χ0n) is 9.15. The van der Waals surface area contributed by atoms with Crippen molar-refractivity contribution in [3.05, 3.63) is 0 Å². The highest BCUT2D eigenvalue weighted by Gasteiger charge is 2.02. The van der Waals surface area contributed by atoms with E-state index >= 15 is 0 Å². The van der Waals surface area contributed by atoms with Crippen molar-refractivity contribution in [1.82, 2.24) is 4.90 Å². The molecular formula is C10H25N. The van der Waals surface area contributed by atoms with E-state index in [1.807, 2.05) is 13.8 Å². The Balaban J connectivity index is 0. The number of hydrogen-bond acceptors (Lipinski definition) is 1. The smallest absolute Gasteiger partial charge is 0.00612 e. The van der Waals surface area contributed by atoms with E-state index in [0.717, 1.165) is 6.04 Å². The summed E-state index contributed by atoms with van der Waals surface area (Å²) in [6.07, 6.45) is 2.53. The molecule has 0 fully saturated rings. The fourth-order valence-corrected chi connectivity index (χ4v) is 0.885. The minimum atomic E-state index is 0.755. The molecule has 0 saturated heterocycles. The first-order chi connectivity index (χ1) is 5.22. The minimum Gasteiger partial charge on any atom is -0.304 e. The molecule has 0 aliphatic heterocycles. The second-order valence-electron chi connectivity index (χ2n) is 2.74. The van der Waals surface area contributed by atoms with Crippen molar-refractivity contribution in [3.8, 4) is 0 Å². The Morgan fingerprint density at radius 3 is 1.91 bits per heavy atom. The van der Waals surface area contributed by atoms with E-state index in [1.54, 1.807) is 0 Å². The molecule has 0 aromatic heterocycles. The Morgan fingerprint density at radius 2 is 1.64 bits per heavy atom. The summed E-state index contributed by atoms with van der Waals surface area (Å²) in [4.78, 5) is 2.40. The van der Waals surface area contributed by atoms with Crippen LogP contribution in [0.4, 0.5) is 0 Å². The van der Waals surface area contributed by atoms with E-state index in [0.29, 0.717) is 0 Å². The Morgan fingerprint density at radius 1 is 1.18 bits per heavy atom. The van der Waals surface area contributed by atoms with Gasteiger partial charge in [-0.2, -0.15) is 0 Å². The summed E-state index contributed by atoms with van der Waals surface area (Å²) >= 11 is 0. The van der Waals surface area contributed by atoms with Gasteiger partial charge < -0.3 is 4.90 Å². The van der Waals surface area contributed by atoms with Gasteiger partial charge in [-0.1, -0.05) is 27.7 Å². The maximum atomic E-state index is 2.40. The van der Waals surface area contributed by atoms with Crippen LogP contribution in [0.5, 0.6) is 0 Å². The van der Waals surface area contributed by atoms with E-state index in [4.69, 9.17) is 0 Å². The topological polar surface area (TPSA) is 3.24 Å². The van der Waals surface area contributed by atoms with Crippen molar-refractivity contribution in [2.45, 2.75) is 53.5 Å². The molecule has 0 radical (unpaired) electrons. The Labute approximate surface area is 72.8 Å². The molecular weight excluding hydrogens is 134 g/mol. The van der Waals surface area contributed by atoms with Gasteiger partial charge in [0.25, 0.3) is 0 Å². The molecule has 1 heteroatoms. The highest BCUT2D eigenvalue weighted by Crippen LogP contribution is 1.99. The van der Waals surface area contributed by atoms with Crippen LogP contribution in [0.25, 0.3) is 0 Å². The summed E-state index contributed by atoms with van der Waals surface area (Å²) in [5.41, 5.74) is 0. The lowest BCUT2D eigenvalue weighted by molar-refractivity contribution is 0.252. The lowest BCUT2D eigenvalue weighted by Gasteiger charge is -2.22. The molecule has 0 aliphatic rings. The Hall–Kier alpha value is -0.0400. The lowest BCUT2D eigenvalue weighted by Crippen LogP contribution is -2.28. The van der Waals surface area contributed by atoms with Gasteiger partial charge in [0.2, 0.25) is 0 Å². The molecule has 0 bridgehead atoms. The van der Waals surface area contributed by atoms with Crippen LogP contribution in [-0.2, 0) is 0 Å². The normalized spacial score (nSPS) is 12.3. The van der Waals surface area contributed by atoms with Gasteiger partial charge in [0, 0.05) is 6.04 Å². The second-order valence-corrected chi connectivity index (χ2v) is 2.74. The first-order valence-electron chi connectivity index (χ1n) is 4.92. The Kier molecular flexibility index (Phi) is 12.3. The molecule has 0 N–H and O–H groups in total. The van der Waals surface area contributed by atoms with Crippen LogP contribution in [-0.4, -0.2) is 24.5 Å². The molecule has 0 aromatic carbocycles. The lowest BCUT2D eigenvalue weighted by atomic mass is 10.2. The van der Waals surface area contributed by atoms with Crippen molar-refractivity contribution in [1.29, 1.82) is 0 Å². The third-order valence-corrected chi connectivity index (χ3v) is 1.92. The van der Waals surface area contributed by atoms with E-state index in [1.165, 1.54) is 19.4 Å². The van der Waals surface area contributed by atoms with E-state index in [-0.39, 0.29) is 0 Å². The summed E-state index contributed by atoms with van der Waals surface area (Å²) in [6.45, 7) is 12.0. The van der Waals surface area contributed by atoms with Crippen LogP contribution >= 0.6 is 0 Å². The largest absolute Gasteiger partial charge is 0.304 e. The van der Waals surface area contributed by atoms with Gasteiger partial charge in [0.15, 0.2) is 0 Å². The molecule has 1 nitrogen and oxygen atoms in total. The average Bonchev–Trinajstić information content (AvgIpc) is 2.07. The van der Waals surface area contributed by atoms with Gasteiger partial charge in [0.05, 0.1) is 0 Å². The zero-order valence-corrected chi connectivity index (χ0v) is 9.15. The van der Waals surface area contributed by atoms with E-state index in [2.05, 4.69) is 32.7 Å². The quantitative estimate of drug-likeness (QED) is 0.609. The summed E-state index contributed by atoms with van der Waals surface area (Å²) in [5.74, 6) is 0. The monoisotopic (exact) mass is 159 g/mol. The van der Waals surface area contributed by atoms with Crippen LogP contribution in [0.3, 0.4) is 0 Å². The van der Waals surface area contributed by atoms with Crippen LogP contribution in [0.15, 0.2) is 0 Å². The summed E-state index contributed by atoms with van der Waals surface area (Å²) in [5, 5.41) is 0. The van der Waals surface area contributed by atoms with Crippen LogP contribution in [0.2, 0.25) is 0 Å². The molecule has 0 spiro atoms. The molecule has 0 amide bonds. The summed E-state index contributed by atoms with van der Waals surface area (Å²) < 4.78 is 0. The fraction of sp³-hybridized carbons (Fsp3) is 1.00. The van der Waals surface area contributed by atoms with Gasteiger partial charge in [-0.15, -0.1) is 0 Å². The third kappa shape index (κ3) is 7.86. The SMILES string of the molecule is CC.CCCN(C)C(C)CC. The van der Waals surface area contributed by atoms with Gasteiger partial charge in [0.1, 0.15) is 0 Å². The van der Waals surface area contributed by atoms with Crippen molar-refractivity contribution in [2.75, 3.05) is 13.6 Å². The van der Waals surface area contributed by atoms with Crippen molar-refractivity contribution in [3.63, 3.8) is 0 Å². The third-order valence-electron chi connectivity index (χ3n) is 1.92. The van der Waals surface area contributed by atoms with Crippen LogP contribution < -0.4 is 0 Å². The minimum absolute atomic E-state index is 0.755. The van der Waals surface area contributed by atoms with Crippen molar-refractivity contribution >= 4 is 0 Å². The number of nitrogens with zero attached hydrogens (tertiary/aromatic N) is 1. The predicted molar refractivity (Wildman–Crippen MR) is 54.0 cm³/mol. The molecule has 0 aromatic rings. The van der Waals surface area contributed by atoms with Gasteiger partial charge in [-0.25, -0.2) is 0 Å². The number of hydrogen-bond donors (Lipinski definition) is 0. The van der Waals surface area contributed by atoms with Crippen molar-refractivity contribution < 1.29 is 0 Å². The van der Waals surface area contributed by atoms with Crippen molar-refractivity contribution in [2.24, 2.45) is 0 Å². The molecule has 0 aliphatic carbocycles. The highest BCUT2D eigenvalue weighted by molar-refractivity contribution is 4.58. The molecule has 0 saturated carbocycles. The maximum Gasteiger partial charge on any atom is 0.00612 e. The molecule has 1 atom stereocenters. The first kappa shape index (κ1) is 13.5. The van der Waals surface area contributed by atoms with Gasteiger partial charge >= 0.3 is 0 Å². The molecule has 0 rings (SSSR count). The highest BCUT2D eigenvalue weighted by atomic mass is 15.1. The number of rotatable bonds is 4. The molecule has 11 heavy (non-hydrogen) atoms. The molecule has 70 valence electrons. The van der Waals surface area contributed by atoms with Gasteiger partial charge in [-0.05, 0) is 33.4 Å². The van der Waals surface area contributed by atoms with Crippen LogP contribution in [0, 0.1) is 0 Å². The zero-order chi connectivity index (χ0) is 9.28. The Bertz CT molecular complexity index is 61.9. The van der Waals surface area contributed by atoms with Gasteiger partial charge in [-0.3, -0.25) is 0 Å². The standard InChI is InChI=1S/C8H19N.C2H6/c1-5-7-9(4)8(3)6-2;1-2/h8H,5-7H2,1-4H3;1-2H3. The predicted octanol–water partition coefficient (Wildman–Crippen LogP) is 3.15. The average molecular weight is 159 g/mol. The molecule has 0 heterocycles. The molecule has 1 unspecified atom stereocenters. The maximum absolute atomic E-state index is 2.40. The van der Waals surface area contributed by atoms with Crippen LogP contribution in [0.1, 0.15) is 47.5 Å².